The van der Waals surface area contributed by atoms with Gasteiger partial charge in [0, 0.05) is 37.9 Å². The third kappa shape index (κ3) is 3.38. The van der Waals surface area contributed by atoms with Crippen molar-refractivity contribution in [3.8, 4) is 17.3 Å². The molecule has 2 atom stereocenters. The highest BCUT2D eigenvalue weighted by Gasteiger charge is 2.49. The zero-order chi connectivity index (χ0) is 23.3. The molecule has 11 nitrogen and oxygen atoms in total. The van der Waals surface area contributed by atoms with E-state index in [0.29, 0.717) is 43.0 Å². The molecule has 0 radical (unpaired) electrons. The molecular formula is C22H25N9O2. The lowest BCUT2D eigenvalue weighted by Crippen LogP contribution is -2.46. The van der Waals surface area contributed by atoms with Crippen LogP contribution in [0.5, 0.6) is 0 Å². The van der Waals surface area contributed by atoms with Crippen molar-refractivity contribution in [3.05, 3.63) is 30.4 Å². The van der Waals surface area contributed by atoms with Crippen LogP contribution in [0.3, 0.4) is 0 Å². The molecule has 5 rings (SSSR count). The predicted octanol–water partition coefficient (Wildman–Crippen LogP) is 1.18. The average molecular weight is 448 g/mol. The molecule has 11 heteroatoms. The monoisotopic (exact) mass is 447 g/mol. The lowest BCUT2D eigenvalue weighted by atomic mass is 9.69. The Kier molecular flexibility index (Phi) is 4.81. The zero-order valence-corrected chi connectivity index (χ0v) is 18.5. The standard InChI is InChI=1S/C22H25N9O2/c1-13-8-30(21(33)22(12-23)4-3-5-22)10-16(13)27-18-15(19(24)32)7-26-31-11-17(28-20(18)31)14-6-25-29(2)9-14/h6-7,9,11,13,16,27H,3-5,8,10H2,1-2H3,(H2,24,32)/t13-,16-/m1/s1. The van der Waals surface area contributed by atoms with Crippen LogP contribution < -0.4 is 11.1 Å². The summed E-state index contributed by atoms with van der Waals surface area (Å²) in [6.07, 6.45) is 8.88. The highest BCUT2D eigenvalue weighted by molar-refractivity contribution is 6.01. The molecule has 2 amide bonds. The van der Waals surface area contributed by atoms with Gasteiger partial charge in [0.15, 0.2) is 5.65 Å². The Bertz CT molecular complexity index is 1300. The van der Waals surface area contributed by atoms with Crippen molar-refractivity contribution in [2.45, 2.75) is 32.2 Å². The summed E-state index contributed by atoms with van der Waals surface area (Å²) in [5.41, 5.74) is 7.43. The second-order valence-electron chi connectivity index (χ2n) is 9.08. The Morgan fingerprint density at radius 1 is 1.24 bits per heavy atom. The fraction of sp³-hybridized carbons (Fsp3) is 0.455. The average Bonchev–Trinajstić information content (AvgIpc) is 3.46. The van der Waals surface area contributed by atoms with Gasteiger partial charge in [0.25, 0.3) is 5.91 Å². The van der Waals surface area contributed by atoms with Crippen LogP contribution in [0.25, 0.3) is 16.9 Å². The number of aryl methyl sites for hydroxylation is 1. The van der Waals surface area contributed by atoms with Crippen molar-refractivity contribution < 1.29 is 9.59 Å². The molecule has 1 aliphatic heterocycles. The number of anilines is 1. The van der Waals surface area contributed by atoms with Crippen LogP contribution in [0.4, 0.5) is 5.69 Å². The minimum Gasteiger partial charge on any atom is -0.376 e. The van der Waals surface area contributed by atoms with Gasteiger partial charge >= 0.3 is 0 Å². The molecule has 3 N–H and O–H groups in total. The highest BCUT2D eigenvalue weighted by Crippen LogP contribution is 2.43. The first-order valence-corrected chi connectivity index (χ1v) is 11.0. The van der Waals surface area contributed by atoms with Crippen molar-refractivity contribution in [1.82, 2.24) is 29.3 Å². The molecule has 0 aromatic carbocycles. The first-order valence-electron chi connectivity index (χ1n) is 11.0. The van der Waals surface area contributed by atoms with E-state index in [9.17, 15) is 14.9 Å². The molecule has 2 fully saturated rings. The number of imidazole rings is 1. The quantitative estimate of drug-likeness (QED) is 0.597. The summed E-state index contributed by atoms with van der Waals surface area (Å²) in [5.74, 6) is -0.608. The van der Waals surface area contributed by atoms with E-state index in [1.807, 2.05) is 20.2 Å². The van der Waals surface area contributed by atoms with Gasteiger partial charge in [-0.2, -0.15) is 15.5 Å². The van der Waals surface area contributed by atoms with Gasteiger partial charge in [0.1, 0.15) is 5.41 Å². The molecule has 4 heterocycles. The van der Waals surface area contributed by atoms with Crippen LogP contribution >= 0.6 is 0 Å². The summed E-state index contributed by atoms with van der Waals surface area (Å²) < 4.78 is 3.28. The molecule has 3 aromatic heterocycles. The van der Waals surface area contributed by atoms with E-state index in [4.69, 9.17) is 5.73 Å². The first kappa shape index (κ1) is 20.9. The Morgan fingerprint density at radius 2 is 2.03 bits per heavy atom. The van der Waals surface area contributed by atoms with E-state index in [-0.39, 0.29) is 23.4 Å². The molecular weight excluding hydrogens is 422 g/mol. The number of nitrogens with one attached hydrogen (secondary N) is 1. The molecule has 1 saturated heterocycles. The Labute approximate surface area is 190 Å². The van der Waals surface area contributed by atoms with Crippen LogP contribution in [-0.4, -0.2) is 60.2 Å². The number of carbonyl (C=O) groups is 2. The summed E-state index contributed by atoms with van der Waals surface area (Å²) in [6, 6.07) is 2.11. The number of hydrogen-bond donors (Lipinski definition) is 2. The number of primary amides is 1. The van der Waals surface area contributed by atoms with Gasteiger partial charge in [0.2, 0.25) is 5.91 Å². The zero-order valence-electron chi connectivity index (χ0n) is 18.5. The number of nitriles is 1. The van der Waals surface area contributed by atoms with Crippen LogP contribution in [-0.2, 0) is 11.8 Å². The van der Waals surface area contributed by atoms with Gasteiger partial charge in [-0.1, -0.05) is 6.92 Å². The van der Waals surface area contributed by atoms with Gasteiger partial charge < -0.3 is 16.0 Å². The maximum Gasteiger partial charge on any atom is 0.252 e. The van der Waals surface area contributed by atoms with E-state index in [1.165, 1.54) is 6.20 Å². The number of carbonyl (C=O) groups excluding carboxylic acids is 2. The minimum atomic E-state index is -0.876. The molecule has 0 spiro atoms. The van der Waals surface area contributed by atoms with Crippen LogP contribution in [0, 0.1) is 22.7 Å². The van der Waals surface area contributed by atoms with Gasteiger partial charge in [0.05, 0.1) is 41.6 Å². The number of rotatable bonds is 5. The van der Waals surface area contributed by atoms with E-state index in [2.05, 4.69) is 26.6 Å². The van der Waals surface area contributed by atoms with Crippen LogP contribution in [0.1, 0.15) is 36.5 Å². The molecule has 170 valence electrons. The predicted molar refractivity (Wildman–Crippen MR) is 119 cm³/mol. The van der Waals surface area contributed by atoms with Gasteiger partial charge in [-0.25, -0.2) is 9.50 Å². The van der Waals surface area contributed by atoms with E-state index in [1.54, 1.807) is 26.5 Å². The molecule has 0 bridgehead atoms. The summed E-state index contributed by atoms with van der Waals surface area (Å²) in [6.45, 7) is 3.02. The SMILES string of the molecule is C[C@@H]1CN(C(=O)C2(C#N)CCC2)C[C@H]1Nc1c(C(N)=O)cnn2cc(-c3cnn(C)c3)nc12. The third-order valence-corrected chi connectivity index (χ3v) is 6.82. The highest BCUT2D eigenvalue weighted by atomic mass is 16.2. The van der Waals surface area contributed by atoms with Crippen molar-refractivity contribution >= 4 is 23.1 Å². The Balaban J connectivity index is 1.47. The number of amides is 2. The normalized spacial score (nSPS) is 21.5. The number of fused-ring (bicyclic) bond motifs is 1. The summed E-state index contributed by atoms with van der Waals surface area (Å²) >= 11 is 0. The van der Waals surface area contributed by atoms with Crippen molar-refractivity contribution in [2.75, 3.05) is 18.4 Å². The number of nitrogens with two attached hydrogens (primary N) is 1. The molecule has 3 aromatic rings. The van der Waals surface area contributed by atoms with Gasteiger partial charge in [-0.3, -0.25) is 14.3 Å². The van der Waals surface area contributed by atoms with Gasteiger partial charge in [-0.05, 0) is 25.2 Å². The lowest BCUT2D eigenvalue weighted by Gasteiger charge is -2.36. The van der Waals surface area contributed by atoms with Crippen LogP contribution in [0.15, 0.2) is 24.8 Å². The summed E-state index contributed by atoms with van der Waals surface area (Å²) in [4.78, 5) is 31.7. The second-order valence-corrected chi connectivity index (χ2v) is 9.08. The molecule has 1 aliphatic carbocycles. The van der Waals surface area contributed by atoms with Crippen molar-refractivity contribution in [1.29, 1.82) is 5.26 Å². The number of nitrogens with zero attached hydrogens (tertiary/aromatic N) is 7. The summed E-state index contributed by atoms with van der Waals surface area (Å²) in [5, 5.41) is 21.5. The Morgan fingerprint density at radius 3 is 2.64 bits per heavy atom. The number of hydrogen-bond acceptors (Lipinski definition) is 7. The smallest absolute Gasteiger partial charge is 0.252 e. The maximum absolute atomic E-state index is 13.0. The third-order valence-electron chi connectivity index (χ3n) is 6.82. The van der Waals surface area contributed by atoms with Crippen molar-refractivity contribution in [3.63, 3.8) is 0 Å². The van der Waals surface area contributed by atoms with E-state index >= 15 is 0 Å². The molecule has 0 unspecified atom stereocenters. The van der Waals surface area contributed by atoms with Gasteiger partial charge in [-0.15, -0.1) is 0 Å². The molecule has 33 heavy (non-hydrogen) atoms. The van der Waals surface area contributed by atoms with Crippen molar-refractivity contribution in [2.24, 2.45) is 24.1 Å². The lowest BCUT2D eigenvalue weighted by molar-refractivity contribution is -0.142. The number of aromatic nitrogens is 5. The van der Waals surface area contributed by atoms with E-state index < -0.39 is 11.3 Å². The molecule has 2 aliphatic rings. The maximum atomic E-state index is 13.0. The van der Waals surface area contributed by atoms with E-state index in [0.717, 1.165) is 12.0 Å². The Hall–Kier alpha value is -3.94. The topological polar surface area (TPSA) is 147 Å². The summed E-state index contributed by atoms with van der Waals surface area (Å²) in [7, 11) is 1.82. The minimum absolute atomic E-state index is 0.0953. The fourth-order valence-corrected chi connectivity index (χ4v) is 4.67. The molecule has 1 saturated carbocycles. The second kappa shape index (κ2) is 7.58. The first-order chi connectivity index (χ1) is 15.8. The largest absolute Gasteiger partial charge is 0.376 e. The fourth-order valence-electron chi connectivity index (χ4n) is 4.67. The van der Waals surface area contributed by atoms with Crippen LogP contribution in [0.2, 0.25) is 0 Å². The number of likely N-dealkylation sites (tertiary alicyclic amines) is 1.